The van der Waals surface area contributed by atoms with Gasteiger partial charge in [0.15, 0.2) is 5.11 Å². The molecule has 0 unspecified atom stereocenters. The Morgan fingerprint density at radius 1 is 1.35 bits per heavy atom. The van der Waals surface area contributed by atoms with Crippen LogP contribution in [-0.4, -0.2) is 25.0 Å². The fourth-order valence-electron chi connectivity index (χ4n) is 1.62. The number of nitrogens with zero attached hydrogens (tertiary/aromatic N) is 1. The molecule has 2 N–H and O–H groups in total. The Morgan fingerprint density at radius 2 is 2.20 bits per heavy atom. The number of ether oxygens (including phenoxy) is 1. The molecule has 0 heterocycles. The Balaban J connectivity index is 2.39. The average Bonchev–Trinajstić information content (AvgIpc) is 2.47. The van der Waals surface area contributed by atoms with Crippen molar-refractivity contribution in [1.82, 2.24) is 10.7 Å². The third kappa shape index (κ3) is 7.09. The number of nitrogens with one attached hydrogen (secondary N) is 2. The lowest BCUT2D eigenvalue weighted by Crippen LogP contribution is -2.28. The van der Waals surface area contributed by atoms with Gasteiger partial charge in [-0.15, -0.1) is 0 Å². The number of rotatable bonds is 8. The highest BCUT2D eigenvalue weighted by Gasteiger charge is 1.96. The van der Waals surface area contributed by atoms with Crippen LogP contribution < -0.4 is 15.5 Å². The van der Waals surface area contributed by atoms with Crippen LogP contribution in [0.2, 0.25) is 0 Å². The summed E-state index contributed by atoms with van der Waals surface area (Å²) in [6.45, 7) is 2.97. The summed E-state index contributed by atoms with van der Waals surface area (Å²) in [4.78, 5) is 0. The van der Waals surface area contributed by atoms with Gasteiger partial charge in [-0.05, 0) is 36.3 Å². The van der Waals surface area contributed by atoms with Gasteiger partial charge < -0.3 is 10.1 Å². The molecule has 1 rings (SSSR count). The first-order valence-corrected chi connectivity index (χ1v) is 7.40. The number of unbranched alkanes of at least 4 members (excludes halogenated alkanes) is 3. The summed E-state index contributed by atoms with van der Waals surface area (Å²) < 4.78 is 5.72. The average molecular weight is 293 g/mol. The van der Waals surface area contributed by atoms with Crippen LogP contribution >= 0.6 is 12.2 Å². The predicted octanol–water partition coefficient (Wildman–Crippen LogP) is 3.07. The molecule has 110 valence electrons. The SMILES string of the molecule is CCCCCCOc1cccc(/C=N/NC(=S)NC)c1. The van der Waals surface area contributed by atoms with Crippen molar-refractivity contribution in [2.24, 2.45) is 5.10 Å². The number of hydrogen-bond acceptors (Lipinski definition) is 3. The highest BCUT2D eigenvalue weighted by molar-refractivity contribution is 7.80. The smallest absolute Gasteiger partial charge is 0.186 e. The molecule has 1 aromatic rings. The van der Waals surface area contributed by atoms with Gasteiger partial charge in [0.2, 0.25) is 0 Å². The maximum atomic E-state index is 5.72. The molecular formula is C15H23N3OS. The highest BCUT2D eigenvalue weighted by Crippen LogP contribution is 2.12. The molecule has 0 fully saturated rings. The van der Waals surface area contributed by atoms with Crippen molar-refractivity contribution in [3.05, 3.63) is 29.8 Å². The van der Waals surface area contributed by atoms with Crippen LogP contribution in [0.4, 0.5) is 0 Å². The van der Waals surface area contributed by atoms with Gasteiger partial charge >= 0.3 is 0 Å². The maximum Gasteiger partial charge on any atom is 0.186 e. The standard InChI is InChI=1S/C15H23N3OS/c1-3-4-5-6-10-19-14-9-7-8-13(11-14)12-17-18-15(20)16-2/h7-9,11-12H,3-6,10H2,1-2H3,(H2,16,18,20)/b17-12+. The molecule has 0 aromatic heterocycles. The van der Waals surface area contributed by atoms with Crippen LogP contribution in [0.1, 0.15) is 38.2 Å². The monoisotopic (exact) mass is 293 g/mol. The Hall–Kier alpha value is -1.62. The summed E-state index contributed by atoms with van der Waals surface area (Å²) >= 11 is 4.93. The summed E-state index contributed by atoms with van der Waals surface area (Å²) in [6.07, 6.45) is 6.56. The molecule has 0 amide bonds. The molecule has 4 nitrogen and oxygen atoms in total. The molecule has 20 heavy (non-hydrogen) atoms. The minimum absolute atomic E-state index is 0.490. The van der Waals surface area contributed by atoms with Gasteiger partial charge in [0.05, 0.1) is 12.8 Å². The zero-order chi connectivity index (χ0) is 14.6. The molecule has 0 aliphatic heterocycles. The third-order valence-corrected chi connectivity index (χ3v) is 3.03. The first-order chi connectivity index (χ1) is 9.76. The van der Waals surface area contributed by atoms with Gasteiger partial charge in [0.25, 0.3) is 0 Å². The third-order valence-electron chi connectivity index (χ3n) is 2.73. The Bertz CT molecular complexity index is 435. The normalized spacial score (nSPS) is 10.5. The molecule has 0 aliphatic carbocycles. The predicted molar refractivity (Wildman–Crippen MR) is 88.5 cm³/mol. The largest absolute Gasteiger partial charge is 0.494 e. The van der Waals surface area contributed by atoms with E-state index in [1.54, 1.807) is 13.3 Å². The van der Waals surface area contributed by atoms with E-state index in [0.29, 0.717) is 5.11 Å². The van der Waals surface area contributed by atoms with E-state index in [-0.39, 0.29) is 0 Å². The second kappa shape index (κ2) is 10.2. The van der Waals surface area contributed by atoms with E-state index in [1.807, 2.05) is 24.3 Å². The first-order valence-electron chi connectivity index (χ1n) is 7.00. The van der Waals surface area contributed by atoms with Crippen LogP contribution in [0.3, 0.4) is 0 Å². The number of benzene rings is 1. The quantitative estimate of drug-likeness (QED) is 0.335. The molecule has 0 atom stereocenters. The van der Waals surface area contributed by atoms with Crippen molar-refractivity contribution in [3.63, 3.8) is 0 Å². The summed E-state index contributed by atoms with van der Waals surface area (Å²) in [5.41, 5.74) is 3.69. The minimum atomic E-state index is 0.490. The maximum absolute atomic E-state index is 5.72. The van der Waals surface area contributed by atoms with E-state index < -0.39 is 0 Å². The van der Waals surface area contributed by atoms with E-state index in [2.05, 4.69) is 22.8 Å². The minimum Gasteiger partial charge on any atom is -0.494 e. The van der Waals surface area contributed by atoms with Crippen molar-refractivity contribution in [2.45, 2.75) is 32.6 Å². The number of thiocarbonyl (C=S) groups is 1. The Kier molecular flexibility index (Phi) is 8.38. The topological polar surface area (TPSA) is 45.6 Å². The molecule has 0 spiro atoms. The molecular weight excluding hydrogens is 270 g/mol. The van der Waals surface area contributed by atoms with E-state index >= 15 is 0 Å². The van der Waals surface area contributed by atoms with Crippen molar-refractivity contribution < 1.29 is 4.74 Å². The number of hydrogen-bond donors (Lipinski definition) is 2. The molecule has 0 bridgehead atoms. The van der Waals surface area contributed by atoms with Gasteiger partial charge in [0.1, 0.15) is 5.75 Å². The van der Waals surface area contributed by atoms with E-state index in [1.165, 1.54) is 19.3 Å². The highest BCUT2D eigenvalue weighted by atomic mass is 32.1. The van der Waals surface area contributed by atoms with Crippen LogP contribution in [-0.2, 0) is 0 Å². The zero-order valence-corrected chi connectivity index (χ0v) is 13.0. The first kappa shape index (κ1) is 16.4. The van der Waals surface area contributed by atoms with Gasteiger partial charge in [-0.25, -0.2) is 0 Å². The summed E-state index contributed by atoms with van der Waals surface area (Å²) in [6, 6.07) is 7.85. The second-order valence-corrected chi connectivity index (χ2v) is 4.84. The van der Waals surface area contributed by atoms with Gasteiger partial charge in [-0.3, -0.25) is 5.43 Å². The van der Waals surface area contributed by atoms with Crippen molar-refractivity contribution >= 4 is 23.5 Å². The van der Waals surface area contributed by atoms with Gasteiger partial charge in [-0.1, -0.05) is 38.3 Å². The van der Waals surface area contributed by atoms with E-state index in [0.717, 1.165) is 24.3 Å². The molecule has 1 aromatic carbocycles. The molecule has 5 heteroatoms. The summed E-state index contributed by atoms with van der Waals surface area (Å²) in [5.74, 6) is 0.877. The second-order valence-electron chi connectivity index (χ2n) is 4.43. The van der Waals surface area contributed by atoms with Crippen molar-refractivity contribution in [1.29, 1.82) is 0 Å². The lowest BCUT2D eigenvalue weighted by molar-refractivity contribution is 0.305. The Labute approximate surface area is 126 Å². The van der Waals surface area contributed by atoms with Crippen LogP contribution in [0, 0.1) is 0 Å². The lowest BCUT2D eigenvalue weighted by Gasteiger charge is -2.06. The van der Waals surface area contributed by atoms with Gasteiger partial charge in [0, 0.05) is 7.05 Å². The van der Waals surface area contributed by atoms with Crippen molar-refractivity contribution in [2.75, 3.05) is 13.7 Å². The number of hydrazone groups is 1. The fraction of sp³-hybridized carbons (Fsp3) is 0.467. The fourth-order valence-corrected chi connectivity index (χ4v) is 1.68. The zero-order valence-electron chi connectivity index (χ0n) is 12.2. The Morgan fingerprint density at radius 3 is 2.95 bits per heavy atom. The van der Waals surface area contributed by atoms with Crippen LogP contribution in [0.25, 0.3) is 0 Å². The molecule has 0 saturated carbocycles. The molecule has 0 aliphatic rings. The van der Waals surface area contributed by atoms with Crippen LogP contribution in [0.5, 0.6) is 5.75 Å². The van der Waals surface area contributed by atoms with Crippen LogP contribution in [0.15, 0.2) is 29.4 Å². The van der Waals surface area contributed by atoms with Crippen molar-refractivity contribution in [3.8, 4) is 5.75 Å². The summed E-state index contributed by atoms with van der Waals surface area (Å²) in [5, 5.41) is 7.32. The summed E-state index contributed by atoms with van der Waals surface area (Å²) in [7, 11) is 1.75. The molecule has 0 radical (unpaired) electrons. The lowest BCUT2D eigenvalue weighted by atomic mass is 10.2. The van der Waals surface area contributed by atoms with E-state index in [4.69, 9.17) is 17.0 Å². The van der Waals surface area contributed by atoms with E-state index in [9.17, 15) is 0 Å². The van der Waals surface area contributed by atoms with Gasteiger partial charge in [-0.2, -0.15) is 5.10 Å². The molecule has 0 saturated heterocycles.